The Morgan fingerprint density at radius 2 is 2.13 bits per heavy atom. The van der Waals surface area contributed by atoms with Gasteiger partial charge in [-0.25, -0.2) is 4.79 Å². The number of hydrogen-bond donors (Lipinski definition) is 1. The monoisotopic (exact) mass is 214 g/mol. The standard InChI is InChI=1S/C8H14N4O3/c1-8(2,15-7(9)14)5-3-4-6(13)11-12-10/h3-5H2,1-2H3,(H2,9,14). The number of nitrogens with two attached hydrogens (primary N) is 1. The molecule has 0 heterocycles. The summed E-state index contributed by atoms with van der Waals surface area (Å²) < 4.78 is 4.80. The number of carbonyl (C=O) groups is 2. The van der Waals surface area contributed by atoms with Crippen molar-refractivity contribution in [1.29, 1.82) is 0 Å². The first kappa shape index (κ1) is 13.2. The van der Waals surface area contributed by atoms with Crippen LogP contribution in [0.1, 0.15) is 33.1 Å². The first-order valence-corrected chi connectivity index (χ1v) is 4.44. The fraction of sp³-hybridized carbons (Fsp3) is 0.750. The number of primary amides is 1. The molecule has 0 aromatic heterocycles. The molecule has 7 nitrogen and oxygen atoms in total. The zero-order valence-corrected chi connectivity index (χ0v) is 8.77. The summed E-state index contributed by atoms with van der Waals surface area (Å²) in [7, 11) is 0. The molecule has 2 amide bonds. The highest BCUT2D eigenvalue weighted by atomic mass is 16.6. The lowest BCUT2D eigenvalue weighted by molar-refractivity contribution is -0.118. The van der Waals surface area contributed by atoms with Crippen LogP contribution in [0.15, 0.2) is 5.11 Å². The molecule has 0 rings (SSSR count). The molecule has 7 heteroatoms. The highest BCUT2D eigenvalue weighted by Gasteiger charge is 2.21. The molecule has 0 saturated carbocycles. The second kappa shape index (κ2) is 5.87. The van der Waals surface area contributed by atoms with Crippen LogP contribution in [-0.2, 0) is 9.53 Å². The number of amides is 2. The molecule has 0 aliphatic rings. The van der Waals surface area contributed by atoms with Gasteiger partial charge in [-0.1, -0.05) is 0 Å². The van der Waals surface area contributed by atoms with Crippen molar-refractivity contribution < 1.29 is 14.3 Å². The Kier molecular flexibility index (Phi) is 5.19. The van der Waals surface area contributed by atoms with Gasteiger partial charge in [-0.05, 0) is 37.3 Å². The van der Waals surface area contributed by atoms with E-state index in [1.165, 1.54) is 0 Å². The van der Waals surface area contributed by atoms with Crippen molar-refractivity contribution in [3.8, 4) is 0 Å². The molecule has 0 aromatic rings. The van der Waals surface area contributed by atoms with Crippen molar-refractivity contribution in [1.82, 2.24) is 0 Å². The summed E-state index contributed by atoms with van der Waals surface area (Å²) in [6.07, 6.45) is 0.234. The molecule has 2 N–H and O–H groups in total. The van der Waals surface area contributed by atoms with Gasteiger partial charge in [0.1, 0.15) is 5.60 Å². The highest BCUT2D eigenvalue weighted by molar-refractivity contribution is 5.76. The third kappa shape index (κ3) is 7.33. The number of ether oxygens (including phenoxy) is 1. The maximum absolute atomic E-state index is 10.8. The predicted molar refractivity (Wildman–Crippen MR) is 52.8 cm³/mol. The Hall–Kier alpha value is -1.75. The molecule has 0 atom stereocenters. The van der Waals surface area contributed by atoms with Gasteiger partial charge in [-0.15, -0.1) is 0 Å². The smallest absolute Gasteiger partial charge is 0.405 e. The molecule has 0 aliphatic carbocycles. The maximum Gasteiger partial charge on any atom is 0.405 e. The molecule has 0 bridgehead atoms. The molecular weight excluding hydrogens is 200 g/mol. The van der Waals surface area contributed by atoms with E-state index in [1.807, 2.05) is 0 Å². The Morgan fingerprint density at radius 1 is 1.53 bits per heavy atom. The molecule has 0 aromatic carbocycles. The normalized spacial score (nSPS) is 10.3. The second-order valence-electron chi connectivity index (χ2n) is 3.62. The van der Waals surface area contributed by atoms with Gasteiger partial charge in [-0.3, -0.25) is 4.79 Å². The minimum atomic E-state index is -0.846. The fourth-order valence-electron chi connectivity index (χ4n) is 1.09. The summed E-state index contributed by atoms with van der Waals surface area (Å²) in [5, 5.41) is 2.91. The average molecular weight is 214 g/mol. The second-order valence-corrected chi connectivity index (χ2v) is 3.62. The van der Waals surface area contributed by atoms with Crippen LogP contribution in [0.4, 0.5) is 4.79 Å². The topological polar surface area (TPSA) is 118 Å². The van der Waals surface area contributed by atoms with E-state index >= 15 is 0 Å². The summed E-state index contributed by atoms with van der Waals surface area (Å²) in [5.41, 5.74) is 12.1. The van der Waals surface area contributed by atoms with Gasteiger partial charge in [0.05, 0.1) is 0 Å². The minimum Gasteiger partial charge on any atom is -0.444 e. The van der Waals surface area contributed by atoms with E-state index in [2.05, 4.69) is 10.0 Å². The van der Waals surface area contributed by atoms with Crippen molar-refractivity contribution in [2.45, 2.75) is 38.7 Å². The Bertz CT molecular complexity index is 294. The molecule has 0 aliphatic heterocycles. The first-order valence-electron chi connectivity index (χ1n) is 4.44. The maximum atomic E-state index is 10.8. The van der Waals surface area contributed by atoms with E-state index in [0.717, 1.165) is 0 Å². The average Bonchev–Trinajstić information content (AvgIpc) is 2.01. The zero-order chi connectivity index (χ0) is 11.9. The van der Waals surface area contributed by atoms with Crippen LogP contribution >= 0.6 is 0 Å². The van der Waals surface area contributed by atoms with E-state index in [4.69, 9.17) is 16.0 Å². The van der Waals surface area contributed by atoms with Gasteiger partial charge in [0.2, 0.25) is 5.91 Å². The lowest BCUT2D eigenvalue weighted by Crippen LogP contribution is -2.31. The van der Waals surface area contributed by atoms with Crippen LogP contribution in [-0.4, -0.2) is 17.6 Å². The van der Waals surface area contributed by atoms with Crippen molar-refractivity contribution in [3.63, 3.8) is 0 Å². The third-order valence-electron chi connectivity index (χ3n) is 1.70. The Labute approximate surface area is 87.2 Å². The molecule has 0 spiro atoms. The number of azide groups is 1. The van der Waals surface area contributed by atoms with Gasteiger partial charge in [-0.2, -0.15) is 0 Å². The number of nitrogens with zero attached hydrogens (tertiary/aromatic N) is 3. The van der Waals surface area contributed by atoms with Crippen molar-refractivity contribution in [2.75, 3.05) is 0 Å². The summed E-state index contributed by atoms with van der Waals surface area (Å²) >= 11 is 0. The van der Waals surface area contributed by atoms with Gasteiger partial charge in [0, 0.05) is 11.3 Å². The largest absolute Gasteiger partial charge is 0.444 e. The third-order valence-corrected chi connectivity index (χ3v) is 1.70. The number of rotatable bonds is 5. The molecule has 15 heavy (non-hydrogen) atoms. The molecule has 0 fully saturated rings. The summed E-state index contributed by atoms with van der Waals surface area (Å²) in [6, 6.07) is 0. The summed E-state index contributed by atoms with van der Waals surface area (Å²) in [6.45, 7) is 3.38. The van der Waals surface area contributed by atoms with Crippen LogP contribution in [0, 0.1) is 0 Å². The molecule has 0 saturated heterocycles. The van der Waals surface area contributed by atoms with Crippen LogP contribution in [0.5, 0.6) is 0 Å². The van der Waals surface area contributed by atoms with Gasteiger partial charge in [0.15, 0.2) is 0 Å². The molecule has 0 unspecified atom stereocenters. The van der Waals surface area contributed by atoms with Crippen LogP contribution in [0.2, 0.25) is 0 Å². The van der Waals surface area contributed by atoms with Crippen LogP contribution in [0.25, 0.3) is 10.4 Å². The van der Waals surface area contributed by atoms with E-state index in [1.54, 1.807) is 13.8 Å². The molecular formula is C8H14N4O3. The van der Waals surface area contributed by atoms with E-state index < -0.39 is 17.6 Å². The van der Waals surface area contributed by atoms with Crippen molar-refractivity contribution in [3.05, 3.63) is 10.4 Å². The SMILES string of the molecule is CC(C)(CCCC(=O)N=[N+]=[N-])OC(N)=O. The van der Waals surface area contributed by atoms with E-state index in [-0.39, 0.29) is 6.42 Å². The molecule has 0 radical (unpaired) electrons. The zero-order valence-electron chi connectivity index (χ0n) is 8.77. The first-order chi connectivity index (χ1) is 6.87. The van der Waals surface area contributed by atoms with Crippen LogP contribution in [0.3, 0.4) is 0 Å². The van der Waals surface area contributed by atoms with Gasteiger partial charge in [0.25, 0.3) is 0 Å². The van der Waals surface area contributed by atoms with E-state index in [9.17, 15) is 9.59 Å². The van der Waals surface area contributed by atoms with Gasteiger partial charge < -0.3 is 10.5 Å². The fourth-order valence-corrected chi connectivity index (χ4v) is 1.09. The lowest BCUT2D eigenvalue weighted by atomic mass is 10.0. The van der Waals surface area contributed by atoms with Crippen molar-refractivity contribution in [2.24, 2.45) is 10.8 Å². The Balaban J connectivity index is 3.89. The number of hydrogen-bond acceptors (Lipinski definition) is 3. The van der Waals surface area contributed by atoms with Crippen molar-refractivity contribution >= 4 is 12.0 Å². The lowest BCUT2D eigenvalue weighted by Gasteiger charge is -2.23. The van der Waals surface area contributed by atoms with Crippen LogP contribution < -0.4 is 5.73 Å². The van der Waals surface area contributed by atoms with E-state index in [0.29, 0.717) is 12.8 Å². The highest BCUT2D eigenvalue weighted by Crippen LogP contribution is 2.17. The number of carbonyl (C=O) groups excluding carboxylic acids is 2. The summed E-state index contributed by atoms with van der Waals surface area (Å²) in [5.74, 6) is -0.521. The van der Waals surface area contributed by atoms with Gasteiger partial charge >= 0.3 is 6.09 Å². The predicted octanol–water partition coefficient (Wildman–Crippen LogP) is 1.87. The summed E-state index contributed by atoms with van der Waals surface area (Å²) in [4.78, 5) is 23.6. The Morgan fingerprint density at radius 3 is 2.60 bits per heavy atom. The quantitative estimate of drug-likeness (QED) is 0.427. The minimum absolute atomic E-state index is 0.135. The molecule has 84 valence electrons.